The van der Waals surface area contributed by atoms with Crippen LogP contribution >= 0.6 is 15.9 Å². The van der Waals surface area contributed by atoms with Crippen LogP contribution in [0.25, 0.3) is 0 Å². The third kappa shape index (κ3) is 4.58. The Kier molecular flexibility index (Phi) is 5.66. The molecule has 2 aromatic rings. The summed E-state index contributed by atoms with van der Waals surface area (Å²) < 4.78 is 66.2. The average molecular weight is 431 g/mol. The number of benzene rings is 1. The summed E-state index contributed by atoms with van der Waals surface area (Å²) in [7, 11) is -2.62. The van der Waals surface area contributed by atoms with Crippen molar-refractivity contribution in [3.8, 4) is 0 Å². The highest BCUT2D eigenvalue weighted by molar-refractivity contribution is 9.10. The number of aromatic nitrogens is 2. The quantitative estimate of drug-likeness (QED) is 0.334. The molecule has 0 amide bonds. The Labute approximate surface area is 142 Å². The van der Waals surface area contributed by atoms with E-state index >= 15 is 0 Å². The van der Waals surface area contributed by atoms with E-state index in [1.54, 1.807) is 5.48 Å². The summed E-state index contributed by atoms with van der Waals surface area (Å²) in [6.45, 7) is 0. The van der Waals surface area contributed by atoms with Gasteiger partial charge in [-0.05, 0) is 44.4 Å². The molecule has 0 fully saturated rings. The van der Waals surface area contributed by atoms with Crippen molar-refractivity contribution < 1.29 is 31.6 Å². The van der Waals surface area contributed by atoms with E-state index in [4.69, 9.17) is 5.21 Å². The summed E-state index contributed by atoms with van der Waals surface area (Å²) in [4.78, 5) is 3.84. The first kappa shape index (κ1) is 18.5. The molecule has 13 heteroatoms. The lowest BCUT2D eigenvalue weighted by atomic mass is 10.3. The Morgan fingerprint density at radius 3 is 2.71 bits per heavy atom. The van der Waals surface area contributed by atoms with Crippen LogP contribution in [0.15, 0.2) is 37.3 Å². The fourth-order valence-corrected chi connectivity index (χ4v) is 2.77. The zero-order valence-electron chi connectivity index (χ0n) is 11.3. The Morgan fingerprint density at radius 1 is 1.42 bits per heavy atom. The van der Waals surface area contributed by atoms with Crippen molar-refractivity contribution in [3.05, 3.63) is 34.2 Å². The topological polar surface area (TPSA) is 101 Å². The van der Waals surface area contributed by atoms with Gasteiger partial charge in [0.2, 0.25) is 5.03 Å². The normalized spacial score (nSPS) is 13.8. The predicted octanol–water partition coefficient (Wildman–Crippen LogP) is 2.70. The molecule has 2 rings (SSSR count). The van der Waals surface area contributed by atoms with Crippen LogP contribution in [0.5, 0.6) is 0 Å². The van der Waals surface area contributed by atoms with E-state index in [1.807, 2.05) is 0 Å². The van der Waals surface area contributed by atoms with Gasteiger partial charge in [0.1, 0.15) is 11.6 Å². The second kappa shape index (κ2) is 7.36. The van der Waals surface area contributed by atoms with E-state index in [0.717, 1.165) is 6.07 Å². The zero-order chi connectivity index (χ0) is 17.9. The first-order valence-electron chi connectivity index (χ1n) is 5.93. The molecule has 2 N–H and O–H groups in total. The summed E-state index contributed by atoms with van der Waals surface area (Å²) in [6.07, 6.45) is -4.70. The number of nitrogens with one attached hydrogen (secondary N) is 1. The number of aliphatic imine (C=N–C) groups is 1. The van der Waals surface area contributed by atoms with Crippen molar-refractivity contribution in [1.82, 2.24) is 15.8 Å². The molecule has 130 valence electrons. The SMILES string of the molecule is O=S(CC(F)(F)F)c1nonc1C(=Nc1ccc(F)c(Br)c1)NO. The van der Waals surface area contributed by atoms with Gasteiger partial charge in [-0.2, -0.15) is 13.2 Å². The molecule has 0 aliphatic rings. The van der Waals surface area contributed by atoms with Crippen molar-refractivity contribution in [2.24, 2.45) is 4.99 Å². The van der Waals surface area contributed by atoms with Crippen LogP contribution in [0.2, 0.25) is 0 Å². The fourth-order valence-electron chi connectivity index (χ4n) is 1.51. The molecule has 0 saturated heterocycles. The number of nitrogens with zero attached hydrogens (tertiary/aromatic N) is 3. The lowest BCUT2D eigenvalue weighted by Crippen LogP contribution is -2.24. The number of amidine groups is 1. The van der Waals surface area contributed by atoms with Gasteiger partial charge in [-0.25, -0.2) is 14.0 Å². The third-order valence-electron chi connectivity index (χ3n) is 2.44. The Bertz CT molecular complexity index is 796. The highest BCUT2D eigenvalue weighted by Gasteiger charge is 2.34. The second-order valence-corrected chi connectivity index (χ2v) is 6.41. The zero-order valence-corrected chi connectivity index (χ0v) is 13.7. The fraction of sp³-hybridized carbons (Fsp3) is 0.182. The molecule has 1 heterocycles. The maximum absolute atomic E-state index is 13.2. The van der Waals surface area contributed by atoms with E-state index in [0.29, 0.717) is 0 Å². The molecule has 0 spiro atoms. The summed E-state index contributed by atoms with van der Waals surface area (Å²) in [5.41, 5.74) is 1.26. The molecule has 1 atom stereocenters. The Balaban J connectivity index is 2.38. The van der Waals surface area contributed by atoms with E-state index < -0.39 is 45.1 Å². The Hall–Kier alpha value is -1.86. The molecule has 1 unspecified atom stereocenters. The van der Waals surface area contributed by atoms with Gasteiger partial charge < -0.3 is 0 Å². The predicted molar refractivity (Wildman–Crippen MR) is 76.8 cm³/mol. The minimum absolute atomic E-state index is 0.0696. The van der Waals surface area contributed by atoms with Crippen LogP contribution < -0.4 is 5.48 Å². The molecular formula is C11H7BrF4N4O3S. The van der Waals surface area contributed by atoms with Gasteiger partial charge in [-0.15, -0.1) is 0 Å². The maximum Gasteiger partial charge on any atom is 0.400 e. The highest BCUT2D eigenvalue weighted by Crippen LogP contribution is 2.24. The van der Waals surface area contributed by atoms with Crippen LogP contribution in [0.1, 0.15) is 5.69 Å². The highest BCUT2D eigenvalue weighted by atomic mass is 79.9. The number of hydrogen-bond donors (Lipinski definition) is 2. The van der Waals surface area contributed by atoms with Crippen molar-refractivity contribution in [2.75, 3.05) is 5.75 Å². The van der Waals surface area contributed by atoms with Gasteiger partial charge in [0.25, 0.3) is 0 Å². The molecular weight excluding hydrogens is 424 g/mol. The molecule has 0 saturated carbocycles. The van der Waals surface area contributed by atoms with Crippen LogP contribution in [0.4, 0.5) is 23.2 Å². The molecule has 24 heavy (non-hydrogen) atoms. The number of halogens is 5. The molecule has 0 aliphatic carbocycles. The largest absolute Gasteiger partial charge is 0.400 e. The van der Waals surface area contributed by atoms with Crippen LogP contribution in [-0.2, 0) is 10.8 Å². The standard InChI is InChI=1S/C11H7BrF4N4O3S/c12-6-3-5(1-2-7(6)13)17-9(18-21)8-10(20-23-19-8)24(22)4-11(14,15)16/h1-3,21H,4H2,(H,17,18). The van der Waals surface area contributed by atoms with Crippen molar-refractivity contribution in [3.63, 3.8) is 0 Å². The van der Waals surface area contributed by atoms with Gasteiger partial charge in [0, 0.05) is 0 Å². The second-order valence-electron chi connectivity index (χ2n) is 4.19. The minimum atomic E-state index is -4.70. The van der Waals surface area contributed by atoms with Crippen molar-refractivity contribution in [2.45, 2.75) is 11.2 Å². The summed E-state index contributed by atoms with van der Waals surface area (Å²) in [5.74, 6) is -2.71. The van der Waals surface area contributed by atoms with Gasteiger partial charge in [0.05, 0.1) is 21.0 Å². The molecule has 7 nitrogen and oxygen atoms in total. The number of hydrogen-bond acceptors (Lipinski definition) is 6. The monoisotopic (exact) mass is 430 g/mol. The van der Waals surface area contributed by atoms with Gasteiger partial charge in [0.15, 0.2) is 11.5 Å². The number of rotatable bonds is 4. The van der Waals surface area contributed by atoms with E-state index in [1.165, 1.54) is 12.1 Å². The lowest BCUT2D eigenvalue weighted by molar-refractivity contribution is -0.105. The third-order valence-corrected chi connectivity index (χ3v) is 4.34. The van der Waals surface area contributed by atoms with Gasteiger partial charge >= 0.3 is 6.18 Å². The number of alkyl halides is 3. The van der Waals surface area contributed by atoms with E-state index in [-0.39, 0.29) is 10.2 Å². The van der Waals surface area contributed by atoms with E-state index in [2.05, 4.69) is 35.9 Å². The Morgan fingerprint density at radius 2 is 2.12 bits per heavy atom. The molecule has 0 bridgehead atoms. The average Bonchev–Trinajstić information content (AvgIpc) is 2.96. The molecule has 0 radical (unpaired) electrons. The van der Waals surface area contributed by atoms with Crippen molar-refractivity contribution in [1.29, 1.82) is 0 Å². The lowest BCUT2D eigenvalue weighted by Gasteiger charge is -2.06. The molecule has 1 aromatic carbocycles. The van der Waals surface area contributed by atoms with Crippen LogP contribution in [-0.4, -0.2) is 37.5 Å². The molecule has 0 aliphatic heterocycles. The minimum Gasteiger partial charge on any atom is -0.290 e. The smallest absolute Gasteiger partial charge is 0.290 e. The summed E-state index contributed by atoms with van der Waals surface area (Å²) in [6, 6.07) is 3.55. The first-order valence-corrected chi connectivity index (χ1v) is 8.04. The van der Waals surface area contributed by atoms with Crippen LogP contribution in [0.3, 0.4) is 0 Å². The number of hydroxylamine groups is 1. The maximum atomic E-state index is 13.2. The van der Waals surface area contributed by atoms with E-state index in [9.17, 15) is 21.8 Å². The van der Waals surface area contributed by atoms with Gasteiger partial charge in [-0.1, -0.05) is 0 Å². The summed E-state index contributed by atoms with van der Waals surface area (Å²) in [5, 5.41) is 14.9. The summed E-state index contributed by atoms with van der Waals surface area (Å²) >= 11 is 2.93. The molecule has 1 aromatic heterocycles. The van der Waals surface area contributed by atoms with Gasteiger partial charge in [-0.3, -0.25) is 14.9 Å². The van der Waals surface area contributed by atoms with Crippen molar-refractivity contribution >= 4 is 38.3 Å². The van der Waals surface area contributed by atoms with Crippen LogP contribution in [0, 0.1) is 5.82 Å². The first-order chi connectivity index (χ1) is 11.2.